The van der Waals surface area contributed by atoms with Gasteiger partial charge in [-0.25, -0.2) is 4.68 Å². The van der Waals surface area contributed by atoms with Crippen LogP contribution < -0.4 is 0 Å². The van der Waals surface area contributed by atoms with Crippen LogP contribution >= 0.6 is 0 Å². The van der Waals surface area contributed by atoms with Gasteiger partial charge in [-0.15, -0.1) is 5.10 Å². The van der Waals surface area contributed by atoms with E-state index in [9.17, 15) is 5.11 Å². The van der Waals surface area contributed by atoms with Gasteiger partial charge in [-0.1, -0.05) is 11.3 Å². The Labute approximate surface area is 130 Å². The Kier molecular flexibility index (Phi) is 3.97. The summed E-state index contributed by atoms with van der Waals surface area (Å²) in [5.74, 6) is 0. The Morgan fingerprint density at radius 1 is 1.41 bits per heavy atom. The second kappa shape index (κ2) is 5.78. The van der Waals surface area contributed by atoms with Gasteiger partial charge in [-0.05, 0) is 38.8 Å². The lowest BCUT2D eigenvalue weighted by atomic mass is 10.00. The maximum Gasteiger partial charge on any atom is 0.124 e. The van der Waals surface area contributed by atoms with Crippen molar-refractivity contribution in [3.63, 3.8) is 0 Å². The number of pyridine rings is 1. The van der Waals surface area contributed by atoms with E-state index in [0.29, 0.717) is 18.7 Å². The zero-order valence-corrected chi connectivity index (χ0v) is 13.4. The molecule has 0 unspecified atom stereocenters. The third-order valence-corrected chi connectivity index (χ3v) is 4.35. The minimum absolute atomic E-state index is 0.250. The number of aromatic nitrogens is 4. The normalized spacial score (nSPS) is 22.6. The molecule has 0 aromatic carbocycles. The SMILES string of the molecule is Cc1ncccc1CN1CC[C@@](O)(c2cn(C(C)C)nn2)C1. The molecule has 22 heavy (non-hydrogen) atoms. The first-order chi connectivity index (χ1) is 10.5. The Hall–Kier alpha value is -1.79. The molecule has 0 amide bonds. The summed E-state index contributed by atoms with van der Waals surface area (Å²) in [7, 11) is 0. The molecule has 3 rings (SSSR count). The lowest BCUT2D eigenvalue weighted by molar-refractivity contribution is 0.0408. The average molecular weight is 301 g/mol. The highest BCUT2D eigenvalue weighted by atomic mass is 16.3. The molecule has 1 fully saturated rings. The Balaban J connectivity index is 1.71. The van der Waals surface area contributed by atoms with Crippen molar-refractivity contribution in [2.24, 2.45) is 0 Å². The van der Waals surface area contributed by atoms with Crippen LogP contribution in [0.25, 0.3) is 0 Å². The second-order valence-electron chi connectivity index (χ2n) is 6.42. The Morgan fingerprint density at radius 2 is 2.23 bits per heavy atom. The van der Waals surface area contributed by atoms with Crippen LogP contribution in [0.5, 0.6) is 0 Å². The molecule has 6 heteroatoms. The Bertz CT molecular complexity index is 653. The largest absolute Gasteiger partial charge is 0.382 e. The predicted molar refractivity (Wildman–Crippen MR) is 83.2 cm³/mol. The van der Waals surface area contributed by atoms with Crippen molar-refractivity contribution in [1.82, 2.24) is 24.9 Å². The fraction of sp³-hybridized carbons (Fsp3) is 0.562. The van der Waals surface area contributed by atoms with Gasteiger partial charge in [0.1, 0.15) is 11.3 Å². The molecule has 0 radical (unpaired) electrons. The first kappa shape index (κ1) is 15.1. The van der Waals surface area contributed by atoms with E-state index in [-0.39, 0.29) is 6.04 Å². The average Bonchev–Trinajstić information content (AvgIpc) is 3.10. The maximum atomic E-state index is 10.9. The van der Waals surface area contributed by atoms with E-state index in [0.717, 1.165) is 18.8 Å². The fourth-order valence-corrected chi connectivity index (χ4v) is 2.88. The molecule has 1 saturated heterocycles. The molecule has 0 spiro atoms. The third kappa shape index (κ3) is 2.89. The maximum absolute atomic E-state index is 10.9. The van der Waals surface area contributed by atoms with E-state index in [1.807, 2.05) is 25.4 Å². The number of hydrogen-bond donors (Lipinski definition) is 1. The highest BCUT2D eigenvalue weighted by Crippen LogP contribution is 2.31. The number of nitrogens with zero attached hydrogens (tertiary/aromatic N) is 5. The van der Waals surface area contributed by atoms with Gasteiger partial charge in [0.2, 0.25) is 0 Å². The van der Waals surface area contributed by atoms with Gasteiger partial charge in [0, 0.05) is 37.6 Å². The van der Waals surface area contributed by atoms with Gasteiger partial charge in [0.05, 0.1) is 6.20 Å². The molecule has 2 aromatic heterocycles. The highest BCUT2D eigenvalue weighted by molar-refractivity contribution is 5.19. The zero-order chi connectivity index (χ0) is 15.7. The molecule has 1 aliphatic rings. The number of aryl methyl sites for hydroxylation is 1. The van der Waals surface area contributed by atoms with Crippen molar-refractivity contribution in [3.8, 4) is 0 Å². The summed E-state index contributed by atoms with van der Waals surface area (Å²) in [6.07, 6.45) is 4.36. The van der Waals surface area contributed by atoms with E-state index in [4.69, 9.17) is 0 Å². The summed E-state index contributed by atoms with van der Waals surface area (Å²) in [6, 6.07) is 4.30. The van der Waals surface area contributed by atoms with Gasteiger partial charge >= 0.3 is 0 Å². The molecular weight excluding hydrogens is 278 g/mol. The molecule has 0 aliphatic carbocycles. The molecule has 2 aromatic rings. The monoisotopic (exact) mass is 301 g/mol. The van der Waals surface area contributed by atoms with Crippen LogP contribution in [0.15, 0.2) is 24.5 Å². The number of likely N-dealkylation sites (tertiary alicyclic amines) is 1. The molecule has 6 nitrogen and oxygen atoms in total. The lowest BCUT2D eigenvalue weighted by Crippen LogP contribution is -2.31. The number of rotatable bonds is 4. The smallest absolute Gasteiger partial charge is 0.124 e. The van der Waals surface area contributed by atoms with Gasteiger partial charge < -0.3 is 5.11 Å². The van der Waals surface area contributed by atoms with Crippen molar-refractivity contribution in [2.45, 2.75) is 45.4 Å². The lowest BCUT2D eigenvalue weighted by Gasteiger charge is -2.21. The van der Waals surface area contributed by atoms with Crippen LogP contribution in [0.1, 0.15) is 43.3 Å². The second-order valence-corrected chi connectivity index (χ2v) is 6.42. The standard InChI is InChI=1S/C16H23N5O/c1-12(2)21-10-15(18-19-21)16(22)6-8-20(11-16)9-14-5-4-7-17-13(14)3/h4-5,7,10,12,22H,6,8-9,11H2,1-3H3/t16-/m0/s1. The quantitative estimate of drug-likeness (QED) is 0.930. The molecule has 1 aliphatic heterocycles. The van der Waals surface area contributed by atoms with Crippen LogP contribution in [0.2, 0.25) is 0 Å². The summed E-state index contributed by atoms with van der Waals surface area (Å²) in [5.41, 5.74) is 2.02. The summed E-state index contributed by atoms with van der Waals surface area (Å²) in [4.78, 5) is 6.57. The van der Waals surface area contributed by atoms with Crippen molar-refractivity contribution in [2.75, 3.05) is 13.1 Å². The van der Waals surface area contributed by atoms with Crippen LogP contribution in [-0.2, 0) is 12.1 Å². The summed E-state index contributed by atoms with van der Waals surface area (Å²) in [5, 5.41) is 19.2. The van der Waals surface area contributed by atoms with Gasteiger partial charge in [0.15, 0.2) is 0 Å². The van der Waals surface area contributed by atoms with Crippen molar-refractivity contribution >= 4 is 0 Å². The Morgan fingerprint density at radius 3 is 2.91 bits per heavy atom. The predicted octanol–water partition coefficient (Wildman–Crippen LogP) is 1.66. The fourth-order valence-electron chi connectivity index (χ4n) is 2.88. The van der Waals surface area contributed by atoms with Crippen LogP contribution in [0.4, 0.5) is 0 Å². The molecule has 1 atom stereocenters. The summed E-state index contributed by atoms with van der Waals surface area (Å²) < 4.78 is 1.79. The van der Waals surface area contributed by atoms with Crippen molar-refractivity contribution in [3.05, 3.63) is 41.5 Å². The molecule has 0 bridgehead atoms. The van der Waals surface area contributed by atoms with E-state index >= 15 is 0 Å². The van der Waals surface area contributed by atoms with Crippen LogP contribution in [0, 0.1) is 6.92 Å². The van der Waals surface area contributed by atoms with Crippen molar-refractivity contribution in [1.29, 1.82) is 0 Å². The van der Waals surface area contributed by atoms with Crippen LogP contribution in [-0.4, -0.2) is 43.1 Å². The van der Waals surface area contributed by atoms with Gasteiger partial charge in [0.25, 0.3) is 0 Å². The van der Waals surface area contributed by atoms with Gasteiger partial charge in [-0.3, -0.25) is 9.88 Å². The minimum atomic E-state index is -0.900. The molecule has 118 valence electrons. The van der Waals surface area contributed by atoms with Gasteiger partial charge in [-0.2, -0.15) is 0 Å². The zero-order valence-electron chi connectivity index (χ0n) is 13.4. The molecular formula is C16H23N5O. The number of aliphatic hydroxyl groups is 1. The van der Waals surface area contributed by atoms with Crippen molar-refractivity contribution < 1.29 is 5.11 Å². The van der Waals surface area contributed by atoms with Crippen LogP contribution in [0.3, 0.4) is 0 Å². The topological polar surface area (TPSA) is 67.1 Å². The molecule has 1 N–H and O–H groups in total. The van der Waals surface area contributed by atoms with E-state index in [1.54, 1.807) is 4.68 Å². The summed E-state index contributed by atoms with van der Waals surface area (Å²) >= 11 is 0. The van der Waals surface area contributed by atoms with E-state index in [1.165, 1.54) is 5.56 Å². The molecule has 3 heterocycles. The third-order valence-electron chi connectivity index (χ3n) is 4.35. The summed E-state index contributed by atoms with van der Waals surface area (Å²) in [6.45, 7) is 8.35. The first-order valence-electron chi connectivity index (χ1n) is 7.75. The first-order valence-corrected chi connectivity index (χ1v) is 7.75. The number of hydrogen-bond acceptors (Lipinski definition) is 5. The molecule has 0 saturated carbocycles. The van der Waals surface area contributed by atoms with E-state index < -0.39 is 5.60 Å². The highest BCUT2D eigenvalue weighted by Gasteiger charge is 2.40. The van der Waals surface area contributed by atoms with E-state index in [2.05, 4.69) is 40.1 Å². The minimum Gasteiger partial charge on any atom is -0.382 e. The number of β-amino-alcohol motifs (C(OH)–C–C–N with tert-alkyl or cyclic N) is 1.